The fraction of sp³-hybridized carbons (Fsp3) is 0.500. The van der Waals surface area contributed by atoms with Crippen LogP contribution in [0.3, 0.4) is 0 Å². The Kier molecular flexibility index (Phi) is 4.65. The number of allylic oxidation sites excluding steroid dienone is 1. The topological polar surface area (TPSA) is 3.24 Å². The van der Waals surface area contributed by atoms with Gasteiger partial charge in [0.1, 0.15) is 0 Å². The van der Waals surface area contributed by atoms with Gasteiger partial charge in [0.05, 0.1) is 0 Å². The maximum atomic E-state index is 2.75. The number of hydrogen-bond donors (Lipinski definition) is 0. The van der Waals surface area contributed by atoms with Crippen molar-refractivity contribution in [3.05, 3.63) is 53.6 Å². The molecule has 2 unspecified atom stereocenters. The van der Waals surface area contributed by atoms with E-state index in [1.54, 1.807) is 11.1 Å². The summed E-state index contributed by atoms with van der Waals surface area (Å²) in [5.74, 6) is 1.66. The molecule has 2 fully saturated rings. The number of likely N-dealkylation sites (tertiary alicyclic amines) is 1. The highest BCUT2D eigenvalue weighted by Crippen LogP contribution is 2.53. The highest BCUT2D eigenvalue weighted by molar-refractivity contribution is 5.87. The first kappa shape index (κ1) is 18.1. The lowest BCUT2D eigenvalue weighted by atomic mass is 9.86. The molecule has 0 amide bonds. The minimum atomic E-state index is 0. The summed E-state index contributed by atoms with van der Waals surface area (Å²) in [5, 5.41) is 2.74. The molecule has 1 saturated carbocycles. The van der Waals surface area contributed by atoms with E-state index in [1.165, 1.54) is 61.5 Å². The van der Waals surface area contributed by atoms with Crippen LogP contribution in [0.25, 0.3) is 16.3 Å². The molecule has 1 heterocycles. The molecule has 0 aromatic heterocycles. The van der Waals surface area contributed by atoms with E-state index in [0.29, 0.717) is 5.54 Å². The molecular formula is C24H30ClN. The molecule has 0 spiro atoms. The van der Waals surface area contributed by atoms with Gasteiger partial charge in [-0.15, -0.1) is 12.4 Å². The first-order chi connectivity index (χ1) is 12.1. The van der Waals surface area contributed by atoms with Crippen molar-refractivity contribution in [2.24, 2.45) is 11.8 Å². The zero-order chi connectivity index (χ0) is 17.0. The number of fused-ring (bicyclic) bond motifs is 3. The van der Waals surface area contributed by atoms with Crippen molar-refractivity contribution >= 4 is 28.8 Å². The molecule has 2 atom stereocenters. The lowest BCUT2D eigenvalue weighted by Crippen LogP contribution is -2.40. The minimum Gasteiger partial charge on any atom is -0.294 e. The van der Waals surface area contributed by atoms with Crippen LogP contribution in [-0.4, -0.2) is 23.5 Å². The number of benzene rings is 2. The van der Waals surface area contributed by atoms with Crippen molar-refractivity contribution in [1.29, 1.82) is 0 Å². The Balaban J connectivity index is 0.00000168. The van der Waals surface area contributed by atoms with E-state index in [0.717, 1.165) is 11.8 Å². The van der Waals surface area contributed by atoms with Gasteiger partial charge in [-0.05, 0) is 97.9 Å². The zero-order valence-corrected chi connectivity index (χ0v) is 16.8. The molecule has 2 aliphatic carbocycles. The van der Waals surface area contributed by atoms with Crippen molar-refractivity contribution in [2.75, 3.05) is 13.1 Å². The van der Waals surface area contributed by atoms with E-state index < -0.39 is 0 Å². The standard InChI is InChI=1S/C24H29N.ClH/c1-24(2)12-5-13-25(24)16-22-19-9-11-21(15-19)23(22)20-10-8-17-6-3-4-7-18(17)14-20;/h3-4,6-8,10,14,19,21H,5,9,11-13,15-16H2,1-2H3;1H. The third kappa shape index (κ3) is 2.90. The van der Waals surface area contributed by atoms with Crippen LogP contribution >= 0.6 is 12.4 Å². The maximum Gasteiger partial charge on any atom is 0.0207 e. The van der Waals surface area contributed by atoms with Gasteiger partial charge in [0.15, 0.2) is 0 Å². The highest BCUT2D eigenvalue weighted by Gasteiger charge is 2.42. The fourth-order valence-electron chi connectivity index (χ4n) is 5.70. The molecule has 1 saturated heterocycles. The molecule has 1 nitrogen and oxygen atoms in total. The Morgan fingerprint density at radius 1 is 1.00 bits per heavy atom. The summed E-state index contributed by atoms with van der Waals surface area (Å²) < 4.78 is 0. The molecule has 0 N–H and O–H groups in total. The average molecular weight is 368 g/mol. The van der Waals surface area contributed by atoms with Gasteiger partial charge in [-0.1, -0.05) is 36.4 Å². The van der Waals surface area contributed by atoms with Gasteiger partial charge < -0.3 is 0 Å². The molecule has 2 bridgehead atoms. The number of halogens is 1. The van der Waals surface area contributed by atoms with Crippen LogP contribution < -0.4 is 0 Å². The van der Waals surface area contributed by atoms with E-state index in [-0.39, 0.29) is 12.4 Å². The van der Waals surface area contributed by atoms with E-state index in [2.05, 4.69) is 61.2 Å². The van der Waals surface area contributed by atoms with Crippen molar-refractivity contribution in [3.8, 4) is 0 Å². The molecule has 26 heavy (non-hydrogen) atoms. The molecule has 3 aliphatic rings. The Bertz CT molecular complexity index is 850. The maximum absolute atomic E-state index is 2.75. The SMILES string of the molecule is CC1(C)CCCN1CC1=C(c2ccc3ccccc3c2)C2CCC1C2.Cl. The second-order valence-electron chi connectivity index (χ2n) is 9.05. The molecule has 138 valence electrons. The predicted octanol–water partition coefficient (Wildman–Crippen LogP) is 6.32. The van der Waals surface area contributed by atoms with Crippen LogP contribution in [0, 0.1) is 11.8 Å². The Morgan fingerprint density at radius 3 is 2.54 bits per heavy atom. The Labute approximate surface area is 163 Å². The van der Waals surface area contributed by atoms with Crippen molar-refractivity contribution in [1.82, 2.24) is 4.90 Å². The van der Waals surface area contributed by atoms with Crippen LogP contribution in [-0.2, 0) is 0 Å². The second-order valence-corrected chi connectivity index (χ2v) is 9.05. The molecule has 2 aromatic rings. The van der Waals surface area contributed by atoms with Gasteiger partial charge in [0, 0.05) is 12.1 Å². The van der Waals surface area contributed by atoms with E-state index in [1.807, 2.05) is 0 Å². The van der Waals surface area contributed by atoms with Gasteiger partial charge in [0.25, 0.3) is 0 Å². The largest absolute Gasteiger partial charge is 0.294 e. The normalized spacial score (nSPS) is 27.3. The van der Waals surface area contributed by atoms with Crippen molar-refractivity contribution in [3.63, 3.8) is 0 Å². The molecule has 2 aromatic carbocycles. The lowest BCUT2D eigenvalue weighted by molar-refractivity contribution is 0.186. The van der Waals surface area contributed by atoms with Gasteiger partial charge in [0.2, 0.25) is 0 Å². The first-order valence-electron chi connectivity index (χ1n) is 10.1. The minimum absolute atomic E-state index is 0. The molecule has 0 radical (unpaired) electrons. The summed E-state index contributed by atoms with van der Waals surface area (Å²) in [6.07, 6.45) is 6.94. The second kappa shape index (κ2) is 6.69. The molecular weight excluding hydrogens is 338 g/mol. The van der Waals surface area contributed by atoms with Crippen LogP contribution in [0.5, 0.6) is 0 Å². The number of nitrogens with zero attached hydrogens (tertiary/aromatic N) is 1. The summed E-state index contributed by atoms with van der Waals surface area (Å²) in [7, 11) is 0. The third-order valence-corrected chi connectivity index (χ3v) is 7.17. The highest BCUT2D eigenvalue weighted by atomic mass is 35.5. The summed E-state index contributed by atoms with van der Waals surface area (Å²) in [6, 6.07) is 15.9. The van der Waals surface area contributed by atoms with Crippen molar-refractivity contribution < 1.29 is 0 Å². The van der Waals surface area contributed by atoms with Gasteiger partial charge in [-0.25, -0.2) is 0 Å². The van der Waals surface area contributed by atoms with Crippen LogP contribution in [0.4, 0.5) is 0 Å². The first-order valence-corrected chi connectivity index (χ1v) is 10.1. The Morgan fingerprint density at radius 2 is 1.77 bits per heavy atom. The monoisotopic (exact) mass is 367 g/mol. The average Bonchev–Trinajstić information content (AvgIpc) is 3.30. The summed E-state index contributed by atoms with van der Waals surface area (Å²) in [4.78, 5) is 2.75. The van der Waals surface area contributed by atoms with Crippen LogP contribution in [0.2, 0.25) is 0 Å². The van der Waals surface area contributed by atoms with E-state index >= 15 is 0 Å². The summed E-state index contributed by atoms with van der Waals surface area (Å²) in [6.45, 7) is 7.35. The van der Waals surface area contributed by atoms with Crippen LogP contribution in [0.15, 0.2) is 48.0 Å². The number of rotatable bonds is 3. The molecule has 5 rings (SSSR count). The fourth-order valence-corrected chi connectivity index (χ4v) is 5.70. The van der Waals surface area contributed by atoms with Gasteiger partial charge in [-0.3, -0.25) is 4.90 Å². The smallest absolute Gasteiger partial charge is 0.0207 e. The third-order valence-electron chi connectivity index (χ3n) is 7.17. The zero-order valence-electron chi connectivity index (χ0n) is 16.0. The summed E-state index contributed by atoms with van der Waals surface area (Å²) in [5.41, 5.74) is 5.37. The van der Waals surface area contributed by atoms with Gasteiger partial charge >= 0.3 is 0 Å². The molecule has 1 aliphatic heterocycles. The van der Waals surface area contributed by atoms with Gasteiger partial charge in [-0.2, -0.15) is 0 Å². The van der Waals surface area contributed by atoms with E-state index in [9.17, 15) is 0 Å². The Hall–Kier alpha value is -1.31. The molecule has 2 heteroatoms. The lowest BCUT2D eigenvalue weighted by Gasteiger charge is -2.34. The number of hydrogen-bond acceptors (Lipinski definition) is 1. The van der Waals surface area contributed by atoms with E-state index in [4.69, 9.17) is 0 Å². The predicted molar refractivity (Wildman–Crippen MR) is 114 cm³/mol. The van der Waals surface area contributed by atoms with Crippen LogP contribution in [0.1, 0.15) is 51.5 Å². The quantitative estimate of drug-likeness (QED) is 0.613. The van der Waals surface area contributed by atoms with Crippen molar-refractivity contribution in [2.45, 2.75) is 51.5 Å². The summed E-state index contributed by atoms with van der Waals surface area (Å²) >= 11 is 0.